The third-order valence-corrected chi connectivity index (χ3v) is 4.72. The summed E-state index contributed by atoms with van der Waals surface area (Å²) in [6.07, 6.45) is 0. The fourth-order valence-corrected chi connectivity index (χ4v) is 3.56. The minimum absolute atomic E-state index is 0. The molecular weight excluding hydrogens is 472 g/mol. The number of nitrogen functional groups attached to an aromatic ring is 1. The molecule has 0 spiro atoms. The van der Waals surface area contributed by atoms with Crippen molar-refractivity contribution in [3.63, 3.8) is 0 Å². The summed E-state index contributed by atoms with van der Waals surface area (Å²) in [4.78, 5) is 11.0. The Bertz CT molecular complexity index is 1120. The Labute approximate surface area is 188 Å². The number of nitriles is 1. The van der Waals surface area contributed by atoms with Gasteiger partial charge in [-0.2, -0.15) is 5.26 Å². The number of aryl methyl sites for hydroxylation is 2. The molecule has 0 saturated heterocycles. The van der Waals surface area contributed by atoms with Crippen molar-refractivity contribution < 1.29 is 9.66 Å². The standard InChI is InChI=1S/C21H17BrN4O3.ClH/c1-12-7-15(22)8-13(2)21(12)29-20-10-18(17(24)9-19(20)26(27)28)25-16-5-3-14(11-23)4-6-16;/h3-10,25H,24H2,1-2H3;1H. The number of nitrogens with one attached hydrogen (secondary N) is 1. The van der Waals surface area contributed by atoms with E-state index in [0.717, 1.165) is 15.6 Å². The second-order valence-electron chi connectivity index (χ2n) is 6.45. The highest BCUT2D eigenvalue weighted by atomic mass is 79.9. The number of hydrogen-bond acceptors (Lipinski definition) is 6. The van der Waals surface area contributed by atoms with Crippen LogP contribution in [0.1, 0.15) is 16.7 Å². The monoisotopic (exact) mass is 488 g/mol. The van der Waals surface area contributed by atoms with Gasteiger partial charge in [-0.15, -0.1) is 12.4 Å². The van der Waals surface area contributed by atoms with E-state index in [0.29, 0.717) is 22.7 Å². The van der Waals surface area contributed by atoms with E-state index >= 15 is 0 Å². The maximum atomic E-state index is 11.5. The number of benzene rings is 3. The zero-order valence-electron chi connectivity index (χ0n) is 16.1. The molecule has 9 heteroatoms. The van der Waals surface area contributed by atoms with Crippen LogP contribution in [-0.2, 0) is 0 Å². The lowest BCUT2D eigenvalue weighted by Crippen LogP contribution is -2.01. The fourth-order valence-electron chi connectivity index (χ4n) is 2.87. The average molecular weight is 490 g/mol. The highest BCUT2D eigenvalue weighted by Crippen LogP contribution is 2.40. The van der Waals surface area contributed by atoms with Crippen molar-refractivity contribution in [1.82, 2.24) is 0 Å². The number of hydrogen-bond donors (Lipinski definition) is 2. The molecule has 0 aliphatic carbocycles. The molecule has 0 heterocycles. The Hall–Kier alpha value is -3.28. The minimum Gasteiger partial charge on any atom is -0.449 e. The van der Waals surface area contributed by atoms with Gasteiger partial charge >= 0.3 is 5.69 Å². The second kappa shape index (κ2) is 9.48. The molecule has 3 N–H and O–H groups in total. The first-order chi connectivity index (χ1) is 13.8. The Balaban J connectivity index is 0.00000320. The molecule has 0 bridgehead atoms. The van der Waals surface area contributed by atoms with Crippen molar-refractivity contribution in [1.29, 1.82) is 5.26 Å². The highest BCUT2D eigenvalue weighted by Gasteiger charge is 2.21. The van der Waals surface area contributed by atoms with Gasteiger partial charge in [-0.1, -0.05) is 15.9 Å². The minimum atomic E-state index is -0.527. The molecule has 3 aromatic carbocycles. The predicted molar refractivity (Wildman–Crippen MR) is 123 cm³/mol. The largest absolute Gasteiger partial charge is 0.449 e. The molecule has 7 nitrogen and oxygen atoms in total. The van der Waals surface area contributed by atoms with Crippen molar-refractivity contribution >= 4 is 51.1 Å². The number of anilines is 3. The maximum Gasteiger partial charge on any atom is 0.313 e. The van der Waals surface area contributed by atoms with Crippen LogP contribution in [0.2, 0.25) is 0 Å². The third kappa shape index (κ3) is 5.00. The maximum absolute atomic E-state index is 11.5. The van der Waals surface area contributed by atoms with E-state index < -0.39 is 4.92 Å². The van der Waals surface area contributed by atoms with Crippen LogP contribution < -0.4 is 15.8 Å². The smallest absolute Gasteiger partial charge is 0.313 e. The van der Waals surface area contributed by atoms with Crippen LogP contribution in [0, 0.1) is 35.3 Å². The molecule has 0 unspecified atom stereocenters. The second-order valence-corrected chi connectivity index (χ2v) is 7.36. The molecule has 30 heavy (non-hydrogen) atoms. The number of nitrogens with zero attached hydrogens (tertiary/aromatic N) is 2. The molecule has 0 fully saturated rings. The summed E-state index contributed by atoms with van der Waals surface area (Å²) in [6, 6.07) is 15.4. The molecule has 0 saturated carbocycles. The van der Waals surface area contributed by atoms with E-state index in [-0.39, 0.29) is 29.5 Å². The zero-order valence-corrected chi connectivity index (χ0v) is 18.5. The molecule has 0 aliphatic heterocycles. The van der Waals surface area contributed by atoms with Crippen molar-refractivity contribution in [3.05, 3.63) is 79.8 Å². The molecule has 0 aliphatic rings. The van der Waals surface area contributed by atoms with Gasteiger partial charge < -0.3 is 15.8 Å². The number of nitro benzene ring substituents is 1. The third-order valence-electron chi connectivity index (χ3n) is 4.26. The summed E-state index contributed by atoms with van der Waals surface area (Å²) < 4.78 is 6.85. The Kier molecular flexibility index (Phi) is 7.27. The van der Waals surface area contributed by atoms with Gasteiger partial charge in [0, 0.05) is 22.3 Å². The summed E-state index contributed by atoms with van der Waals surface area (Å²) in [5, 5.41) is 23.6. The normalized spacial score (nSPS) is 9.93. The van der Waals surface area contributed by atoms with Crippen LogP contribution in [0.4, 0.5) is 22.7 Å². The quantitative estimate of drug-likeness (QED) is 0.244. The predicted octanol–water partition coefficient (Wildman–Crippen LogP) is 6.39. The molecule has 0 amide bonds. The van der Waals surface area contributed by atoms with Crippen molar-refractivity contribution in [2.75, 3.05) is 11.1 Å². The van der Waals surface area contributed by atoms with Crippen LogP contribution in [-0.4, -0.2) is 4.92 Å². The summed E-state index contributed by atoms with van der Waals surface area (Å²) in [7, 11) is 0. The molecule has 3 rings (SSSR count). The topological polar surface area (TPSA) is 114 Å². The van der Waals surface area contributed by atoms with Gasteiger partial charge in [0.25, 0.3) is 0 Å². The lowest BCUT2D eigenvalue weighted by Gasteiger charge is -2.15. The van der Waals surface area contributed by atoms with Gasteiger partial charge in [-0.25, -0.2) is 0 Å². The van der Waals surface area contributed by atoms with Crippen molar-refractivity contribution in [3.8, 4) is 17.6 Å². The fraction of sp³-hybridized carbons (Fsp3) is 0.0952. The summed E-state index contributed by atoms with van der Waals surface area (Å²) >= 11 is 3.43. The lowest BCUT2D eigenvalue weighted by molar-refractivity contribution is -0.385. The first kappa shape index (κ1) is 23.0. The molecule has 0 atom stereocenters. The summed E-state index contributed by atoms with van der Waals surface area (Å²) in [6.45, 7) is 3.73. The van der Waals surface area contributed by atoms with Gasteiger partial charge in [0.1, 0.15) is 5.75 Å². The highest BCUT2D eigenvalue weighted by molar-refractivity contribution is 9.10. The number of halogens is 2. The molecule has 154 valence electrons. The van der Waals surface area contributed by atoms with E-state index in [4.69, 9.17) is 15.7 Å². The average Bonchev–Trinajstić information content (AvgIpc) is 2.67. The van der Waals surface area contributed by atoms with Crippen LogP contribution in [0.3, 0.4) is 0 Å². The molecule has 3 aromatic rings. The Morgan fingerprint density at radius 2 is 1.73 bits per heavy atom. The van der Waals surface area contributed by atoms with Crippen molar-refractivity contribution in [2.45, 2.75) is 13.8 Å². The van der Waals surface area contributed by atoms with Crippen LogP contribution >= 0.6 is 28.3 Å². The number of rotatable bonds is 5. The van der Waals surface area contributed by atoms with Gasteiger partial charge in [-0.3, -0.25) is 10.1 Å². The number of nitro groups is 1. The SMILES string of the molecule is Cc1cc(Br)cc(C)c1Oc1cc(Nc2ccc(C#N)cc2)c(N)cc1[N+](=O)[O-].Cl. The first-order valence-electron chi connectivity index (χ1n) is 8.58. The van der Waals surface area contributed by atoms with E-state index in [1.165, 1.54) is 12.1 Å². The Morgan fingerprint density at radius 1 is 1.13 bits per heavy atom. The van der Waals surface area contributed by atoms with Gasteiger partial charge in [0.2, 0.25) is 5.75 Å². The van der Waals surface area contributed by atoms with Gasteiger partial charge in [0.15, 0.2) is 0 Å². The van der Waals surface area contributed by atoms with E-state index in [1.54, 1.807) is 24.3 Å². The zero-order chi connectivity index (χ0) is 21.1. The number of nitrogens with two attached hydrogens (primary N) is 1. The van der Waals surface area contributed by atoms with Crippen LogP contribution in [0.25, 0.3) is 0 Å². The van der Waals surface area contributed by atoms with Crippen molar-refractivity contribution in [2.24, 2.45) is 0 Å². The summed E-state index contributed by atoms with van der Waals surface area (Å²) in [5.74, 6) is 0.624. The van der Waals surface area contributed by atoms with Crippen LogP contribution in [0.15, 0.2) is 53.0 Å². The molecular formula is C21H18BrClN4O3. The molecule has 0 aromatic heterocycles. The first-order valence-corrected chi connectivity index (χ1v) is 9.37. The van der Waals surface area contributed by atoms with E-state index in [1.807, 2.05) is 32.0 Å². The molecule has 0 radical (unpaired) electrons. The van der Waals surface area contributed by atoms with Gasteiger partial charge in [-0.05, 0) is 61.4 Å². The van der Waals surface area contributed by atoms with Gasteiger partial charge in [0.05, 0.1) is 27.9 Å². The lowest BCUT2D eigenvalue weighted by atomic mass is 10.1. The van der Waals surface area contributed by atoms with E-state index in [9.17, 15) is 10.1 Å². The number of ether oxygens (including phenoxy) is 1. The Morgan fingerprint density at radius 3 is 2.27 bits per heavy atom. The van der Waals surface area contributed by atoms with Crippen LogP contribution in [0.5, 0.6) is 11.5 Å². The van der Waals surface area contributed by atoms with E-state index in [2.05, 4.69) is 21.2 Å². The summed E-state index contributed by atoms with van der Waals surface area (Å²) in [5.41, 5.74) is 9.35.